The van der Waals surface area contributed by atoms with Crippen molar-refractivity contribution in [1.29, 1.82) is 0 Å². The Morgan fingerprint density at radius 2 is 2.00 bits per heavy atom. The van der Waals surface area contributed by atoms with Crippen LogP contribution in [0.2, 0.25) is 0 Å². The minimum absolute atomic E-state index is 0.156. The van der Waals surface area contributed by atoms with E-state index in [-0.39, 0.29) is 12.1 Å². The zero-order valence-corrected chi connectivity index (χ0v) is 15.5. The molecule has 1 aromatic carbocycles. The van der Waals surface area contributed by atoms with Gasteiger partial charge in [-0.15, -0.1) is 0 Å². The lowest BCUT2D eigenvalue weighted by Crippen LogP contribution is -2.49. The van der Waals surface area contributed by atoms with Gasteiger partial charge in [0.1, 0.15) is 5.60 Å². The van der Waals surface area contributed by atoms with Crippen molar-refractivity contribution in [2.45, 2.75) is 32.3 Å². The number of aryl methyl sites for hydroxylation is 2. The fraction of sp³-hybridized carbons (Fsp3) is 0.421. The molecule has 1 spiro atoms. The molecule has 4 rings (SSSR count). The fourth-order valence-electron chi connectivity index (χ4n) is 3.73. The van der Waals surface area contributed by atoms with E-state index in [1.54, 1.807) is 4.90 Å². The van der Waals surface area contributed by atoms with Crippen molar-refractivity contribution in [3.63, 3.8) is 0 Å². The second-order valence-corrected chi connectivity index (χ2v) is 7.20. The van der Waals surface area contributed by atoms with Gasteiger partial charge in [-0.05, 0) is 32.0 Å². The largest absolute Gasteiger partial charge is 0.441 e. The van der Waals surface area contributed by atoms with Crippen molar-refractivity contribution in [3.8, 4) is 5.69 Å². The van der Waals surface area contributed by atoms with Crippen molar-refractivity contribution < 1.29 is 14.3 Å². The number of hydrogen-bond donors (Lipinski definition) is 2. The zero-order valence-electron chi connectivity index (χ0n) is 15.5. The molecule has 0 aliphatic carbocycles. The van der Waals surface area contributed by atoms with E-state index in [0.29, 0.717) is 38.2 Å². The molecule has 8 nitrogen and oxygen atoms in total. The number of anilines is 1. The molecule has 1 aromatic heterocycles. The van der Waals surface area contributed by atoms with Crippen molar-refractivity contribution in [1.82, 2.24) is 20.0 Å². The molecule has 0 atom stereocenters. The van der Waals surface area contributed by atoms with Gasteiger partial charge in [0.2, 0.25) is 0 Å². The van der Waals surface area contributed by atoms with Crippen LogP contribution in [0.4, 0.5) is 15.3 Å². The quantitative estimate of drug-likeness (QED) is 0.852. The molecule has 3 heterocycles. The first-order chi connectivity index (χ1) is 13.0. The number of likely N-dealkylation sites (tertiary alicyclic amines) is 1. The fourth-order valence-corrected chi connectivity index (χ4v) is 3.73. The SMILES string of the molecule is Cc1cc(C)n(-c2ccccc2NC(=O)N2CCC3(CC2)CNC(=O)O3)n1. The Kier molecular flexibility index (Phi) is 4.25. The highest BCUT2D eigenvalue weighted by Gasteiger charge is 2.43. The summed E-state index contributed by atoms with van der Waals surface area (Å²) in [6, 6.07) is 9.46. The molecule has 142 valence electrons. The molecule has 0 radical (unpaired) electrons. The van der Waals surface area contributed by atoms with Gasteiger partial charge in [0.25, 0.3) is 0 Å². The van der Waals surface area contributed by atoms with Crippen molar-refractivity contribution in [2.75, 3.05) is 25.0 Å². The molecule has 0 unspecified atom stereocenters. The molecule has 8 heteroatoms. The Bertz CT molecular complexity index is 883. The highest BCUT2D eigenvalue weighted by atomic mass is 16.6. The number of hydrogen-bond acceptors (Lipinski definition) is 4. The average molecular weight is 369 g/mol. The first-order valence-corrected chi connectivity index (χ1v) is 9.11. The Labute approximate surface area is 157 Å². The van der Waals surface area contributed by atoms with Gasteiger partial charge in [-0.1, -0.05) is 12.1 Å². The lowest BCUT2D eigenvalue weighted by molar-refractivity contribution is 0.0110. The van der Waals surface area contributed by atoms with Crippen LogP contribution in [0.25, 0.3) is 5.69 Å². The normalized spacial score (nSPS) is 18.3. The number of urea groups is 1. The minimum Gasteiger partial charge on any atom is -0.441 e. The predicted octanol–water partition coefficient (Wildman–Crippen LogP) is 2.60. The monoisotopic (exact) mass is 369 g/mol. The van der Waals surface area contributed by atoms with E-state index in [1.165, 1.54) is 0 Å². The van der Waals surface area contributed by atoms with Gasteiger partial charge in [-0.3, -0.25) is 0 Å². The summed E-state index contributed by atoms with van der Waals surface area (Å²) in [5.74, 6) is 0. The van der Waals surface area contributed by atoms with Crippen LogP contribution < -0.4 is 10.6 Å². The first-order valence-electron chi connectivity index (χ1n) is 9.11. The van der Waals surface area contributed by atoms with Gasteiger partial charge < -0.3 is 20.3 Å². The smallest absolute Gasteiger partial charge is 0.407 e. The highest BCUT2D eigenvalue weighted by molar-refractivity contribution is 5.91. The number of ether oxygens (including phenoxy) is 1. The maximum atomic E-state index is 12.8. The minimum atomic E-state index is -0.463. The van der Waals surface area contributed by atoms with Crippen LogP contribution in [0.15, 0.2) is 30.3 Å². The third-order valence-electron chi connectivity index (χ3n) is 5.21. The summed E-state index contributed by atoms with van der Waals surface area (Å²) < 4.78 is 7.24. The Hall–Kier alpha value is -3.03. The van der Waals surface area contributed by atoms with Gasteiger partial charge in [0.05, 0.1) is 23.6 Å². The first kappa shape index (κ1) is 17.4. The maximum Gasteiger partial charge on any atom is 0.407 e. The number of carbonyl (C=O) groups is 2. The number of nitrogens with one attached hydrogen (secondary N) is 2. The van der Waals surface area contributed by atoms with E-state index in [2.05, 4.69) is 15.7 Å². The second kappa shape index (κ2) is 6.61. The van der Waals surface area contributed by atoms with Crippen LogP contribution in [-0.2, 0) is 4.74 Å². The van der Waals surface area contributed by atoms with E-state index < -0.39 is 5.60 Å². The van der Waals surface area contributed by atoms with Crippen LogP contribution in [0.3, 0.4) is 0 Å². The van der Waals surface area contributed by atoms with Crippen LogP contribution in [0.5, 0.6) is 0 Å². The van der Waals surface area contributed by atoms with Gasteiger partial charge >= 0.3 is 12.1 Å². The van der Waals surface area contributed by atoms with Gasteiger partial charge in [-0.2, -0.15) is 5.10 Å². The molecule has 2 aromatic rings. The van der Waals surface area contributed by atoms with Crippen LogP contribution in [0, 0.1) is 13.8 Å². The highest BCUT2D eigenvalue weighted by Crippen LogP contribution is 2.30. The van der Waals surface area contributed by atoms with E-state index in [9.17, 15) is 9.59 Å². The lowest BCUT2D eigenvalue weighted by Gasteiger charge is -2.37. The Balaban J connectivity index is 1.47. The number of amides is 3. The summed E-state index contributed by atoms with van der Waals surface area (Å²) >= 11 is 0. The average Bonchev–Trinajstić information content (AvgIpc) is 3.17. The summed E-state index contributed by atoms with van der Waals surface area (Å²) in [5, 5.41) is 10.2. The molecule has 2 N–H and O–H groups in total. The van der Waals surface area contributed by atoms with Crippen LogP contribution in [0.1, 0.15) is 24.2 Å². The summed E-state index contributed by atoms with van der Waals surface area (Å²) in [4.78, 5) is 25.9. The summed E-state index contributed by atoms with van der Waals surface area (Å²) in [5.41, 5.74) is 3.01. The summed E-state index contributed by atoms with van der Waals surface area (Å²) in [7, 11) is 0. The summed E-state index contributed by atoms with van der Waals surface area (Å²) in [6.07, 6.45) is 0.906. The van der Waals surface area contributed by atoms with E-state index in [4.69, 9.17) is 4.74 Å². The number of para-hydroxylation sites is 2. The molecule has 2 saturated heterocycles. The lowest BCUT2D eigenvalue weighted by atomic mass is 9.92. The van der Waals surface area contributed by atoms with Gasteiger partial charge in [0.15, 0.2) is 0 Å². The number of nitrogens with zero attached hydrogens (tertiary/aromatic N) is 3. The van der Waals surface area contributed by atoms with Crippen LogP contribution >= 0.6 is 0 Å². The van der Waals surface area contributed by atoms with Crippen molar-refractivity contribution in [2.24, 2.45) is 0 Å². The number of alkyl carbamates (subject to hydrolysis) is 1. The third-order valence-corrected chi connectivity index (χ3v) is 5.21. The molecule has 2 aliphatic heterocycles. The molecular weight excluding hydrogens is 346 g/mol. The molecule has 3 amide bonds. The number of carbonyl (C=O) groups excluding carboxylic acids is 2. The molecule has 0 saturated carbocycles. The third kappa shape index (κ3) is 3.34. The van der Waals surface area contributed by atoms with Crippen molar-refractivity contribution in [3.05, 3.63) is 41.7 Å². The van der Waals surface area contributed by atoms with E-state index >= 15 is 0 Å². The molecule has 0 bridgehead atoms. The number of aromatic nitrogens is 2. The maximum absolute atomic E-state index is 12.8. The topological polar surface area (TPSA) is 88.5 Å². The number of rotatable bonds is 2. The Morgan fingerprint density at radius 1 is 1.26 bits per heavy atom. The Morgan fingerprint density at radius 3 is 2.63 bits per heavy atom. The molecule has 27 heavy (non-hydrogen) atoms. The number of benzene rings is 1. The second-order valence-electron chi connectivity index (χ2n) is 7.20. The predicted molar refractivity (Wildman–Crippen MR) is 100 cm³/mol. The summed E-state index contributed by atoms with van der Waals surface area (Å²) in [6.45, 7) is 5.53. The molecule has 2 fully saturated rings. The number of piperidine rings is 1. The zero-order chi connectivity index (χ0) is 19.0. The van der Waals surface area contributed by atoms with Crippen molar-refractivity contribution >= 4 is 17.8 Å². The van der Waals surface area contributed by atoms with Gasteiger partial charge in [-0.25, -0.2) is 14.3 Å². The molecular formula is C19H23N5O3. The standard InChI is InChI=1S/C19H23N5O3/c1-13-11-14(2)24(22-13)16-6-4-3-5-15(16)21-17(25)23-9-7-19(8-10-23)12-20-18(26)27-19/h3-6,11H,7-10,12H2,1-2H3,(H,20,26)(H,21,25). The van der Waals surface area contributed by atoms with E-state index in [1.807, 2.05) is 48.9 Å². The van der Waals surface area contributed by atoms with Gasteiger partial charge in [0, 0.05) is 31.6 Å². The molecule has 2 aliphatic rings. The van der Waals surface area contributed by atoms with E-state index in [0.717, 1.165) is 17.1 Å². The van der Waals surface area contributed by atoms with Crippen LogP contribution in [-0.4, -0.2) is 52.0 Å².